The highest BCUT2D eigenvalue weighted by Crippen LogP contribution is 2.53. The molecule has 1 aliphatic carbocycles. The third kappa shape index (κ3) is 6.58. The first kappa shape index (κ1) is 26.9. The molecule has 1 heterocycles. The minimum atomic E-state index is 0. The summed E-state index contributed by atoms with van der Waals surface area (Å²) in [6.07, 6.45) is 11.3. The largest absolute Gasteiger partial charge is 0.492 e. The average Bonchev–Trinajstić information content (AvgIpc) is 3.23. The van der Waals surface area contributed by atoms with Crippen molar-refractivity contribution in [1.82, 2.24) is 4.90 Å². The summed E-state index contributed by atoms with van der Waals surface area (Å²) in [7, 11) is 6.71. The molecule has 1 aromatic carbocycles. The number of methoxy groups -OCH3 is 4. The minimum Gasteiger partial charge on any atom is -0.492 e. The van der Waals surface area contributed by atoms with Gasteiger partial charge in [-0.2, -0.15) is 0 Å². The van der Waals surface area contributed by atoms with Crippen LogP contribution in [0.4, 0.5) is 0 Å². The molecule has 1 fully saturated rings. The first-order valence-electron chi connectivity index (χ1n) is 11.9. The Bertz CT molecular complexity index is 653. The number of unbranched alkanes of at least 4 members (excludes halogenated alkanes) is 5. The number of halogens is 1. The maximum Gasteiger partial charge on any atom is 0.207 e. The van der Waals surface area contributed by atoms with Crippen molar-refractivity contribution in [2.75, 3.05) is 61.3 Å². The van der Waals surface area contributed by atoms with Gasteiger partial charge in [-0.3, -0.25) is 4.90 Å². The van der Waals surface area contributed by atoms with E-state index in [1.165, 1.54) is 62.6 Å². The Labute approximate surface area is 200 Å². The molecule has 0 radical (unpaired) electrons. The van der Waals surface area contributed by atoms with Crippen LogP contribution in [0.3, 0.4) is 0 Å². The lowest BCUT2D eigenvalue weighted by atomic mass is 9.97. The van der Waals surface area contributed by atoms with E-state index in [0.29, 0.717) is 17.4 Å². The Morgan fingerprint density at radius 2 is 1.16 bits per heavy atom. The number of morpholine rings is 1. The maximum absolute atomic E-state index is 5.72. The van der Waals surface area contributed by atoms with Crippen molar-refractivity contribution in [3.8, 4) is 23.0 Å². The Morgan fingerprint density at radius 3 is 1.66 bits per heavy atom. The third-order valence-electron chi connectivity index (χ3n) is 6.77. The van der Waals surface area contributed by atoms with E-state index in [1.54, 1.807) is 28.4 Å². The molecule has 1 saturated heterocycles. The van der Waals surface area contributed by atoms with Crippen molar-refractivity contribution in [3.63, 3.8) is 0 Å². The van der Waals surface area contributed by atoms with E-state index in [-0.39, 0.29) is 12.4 Å². The number of benzene rings is 1. The summed E-state index contributed by atoms with van der Waals surface area (Å²) in [6.45, 7) is 5.26. The van der Waals surface area contributed by atoms with Crippen molar-refractivity contribution in [2.24, 2.45) is 5.92 Å². The van der Waals surface area contributed by atoms with E-state index in [4.69, 9.17) is 23.7 Å². The second-order valence-electron chi connectivity index (χ2n) is 8.73. The van der Waals surface area contributed by atoms with Gasteiger partial charge in [0.15, 0.2) is 11.5 Å². The lowest BCUT2D eigenvalue weighted by Crippen LogP contribution is -2.36. The summed E-state index contributed by atoms with van der Waals surface area (Å²) in [5.41, 5.74) is 2.45. The summed E-state index contributed by atoms with van der Waals surface area (Å²) >= 11 is 0. The zero-order valence-electron chi connectivity index (χ0n) is 20.4. The summed E-state index contributed by atoms with van der Waals surface area (Å²) in [5.74, 6) is 3.52. The minimum absolute atomic E-state index is 0. The predicted octanol–water partition coefficient (Wildman–Crippen LogP) is 4.92. The van der Waals surface area contributed by atoms with Crippen LogP contribution < -0.4 is 18.9 Å². The molecule has 0 unspecified atom stereocenters. The van der Waals surface area contributed by atoms with Crippen LogP contribution in [0.25, 0.3) is 0 Å². The molecule has 0 aromatic heterocycles. The molecule has 2 aliphatic rings. The number of nitrogens with zero attached hydrogens (tertiary/aromatic N) is 1. The van der Waals surface area contributed by atoms with Crippen LogP contribution in [-0.4, -0.2) is 66.2 Å². The molecule has 6 nitrogen and oxygen atoms in total. The lowest BCUT2D eigenvalue weighted by Gasteiger charge is -2.26. The number of fused-ring (bicyclic) bond motifs is 1. The van der Waals surface area contributed by atoms with Gasteiger partial charge in [0.1, 0.15) is 0 Å². The fourth-order valence-corrected chi connectivity index (χ4v) is 5.14. The molecular formula is C25H42ClNO5. The van der Waals surface area contributed by atoms with Crippen LogP contribution in [0.5, 0.6) is 23.0 Å². The van der Waals surface area contributed by atoms with Crippen LogP contribution in [-0.2, 0) is 17.6 Å². The summed E-state index contributed by atoms with van der Waals surface area (Å²) in [6, 6.07) is 0. The molecule has 0 bridgehead atoms. The normalized spacial score (nSPS) is 16.4. The Kier molecular flexibility index (Phi) is 11.8. The van der Waals surface area contributed by atoms with Crippen molar-refractivity contribution in [3.05, 3.63) is 11.1 Å². The molecule has 1 aliphatic heterocycles. The van der Waals surface area contributed by atoms with E-state index >= 15 is 0 Å². The number of ether oxygens (including phenoxy) is 5. The molecule has 0 amide bonds. The maximum atomic E-state index is 5.72. The quantitative estimate of drug-likeness (QED) is 0.380. The molecule has 32 heavy (non-hydrogen) atoms. The van der Waals surface area contributed by atoms with Crippen LogP contribution in [0.2, 0.25) is 0 Å². The third-order valence-corrected chi connectivity index (χ3v) is 6.77. The van der Waals surface area contributed by atoms with Crippen LogP contribution in [0.1, 0.15) is 56.1 Å². The van der Waals surface area contributed by atoms with E-state index in [9.17, 15) is 0 Å². The number of hydrogen-bond donors (Lipinski definition) is 0. The van der Waals surface area contributed by atoms with Crippen molar-refractivity contribution in [1.29, 1.82) is 0 Å². The standard InChI is InChI=1S/C25H41NO5.ClH/c1-27-22-20-17-19(18-21(20)23(28-2)25(30-4)24(22)29-3)11-9-7-5-6-8-10-12-26-13-15-31-16-14-26;/h19H,5-18H2,1-4H3;1H. The Morgan fingerprint density at radius 1 is 0.688 bits per heavy atom. The fraction of sp³-hybridized carbons (Fsp3) is 0.760. The van der Waals surface area contributed by atoms with Crippen LogP contribution in [0.15, 0.2) is 0 Å². The first-order valence-corrected chi connectivity index (χ1v) is 11.9. The van der Waals surface area contributed by atoms with Gasteiger partial charge >= 0.3 is 0 Å². The molecule has 1 aromatic rings. The number of rotatable bonds is 13. The first-order chi connectivity index (χ1) is 15.2. The molecule has 0 spiro atoms. The molecule has 7 heteroatoms. The van der Waals surface area contributed by atoms with Gasteiger partial charge in [-0.05, 0) is 38.1 Å². The second-order valence-corrected chi connectivity index (χ2v) is 8.73. The second kappa shape index (κ2) is 14.0. The SMILES string of the molecule is COc1c2c(c(OC)c(OC)c1OC)CC(CCCCCCCCN1CCOCC1)C2.Cl. The summed E-state index contributed by atoms with van der Waals surface area (Å²) < 4.78 is 28.1. The van der Waals surface area contributed by atoms with Gasteiger partial charge < -0.3 is 23.7 Å². The van der Waals surface area contributed by atoms with Crippen molar-refractivity contribution in [2.45, 2.75) is 57.8 Å². The highest BCUT2D eigenvalue weighted by Gasteiger charge is 2.33. The molecule has 3 rings (SSSR count). The van der Waals surface area contributed by atoms with E-state index in [0.717, 1.165) is 50.6 Å². The van der Waals surface area contributed by atoms with Gasteiger partial charge in [-0.1, -0.05) is 32.1 Å². The fourth-order valence-electron chi connectivity index (χ4n) is 5.14. The molecular weight excluding hydrogens is 430 g/mol. The van der Waals surface area contributed by atoms with Gasteiger partial charge in [0.25, 0.3) is 0 Å². The van der Waals surface area contributed by atoms with E-state index < -0.39 is 0 Å². The lowest BCUT2D eigenvalue weighted by molar-refractivity contribution is 0.0371. The summed E-state index contributed by atoms with van der Waals surface area (Å²) in [4.78, 5) is 2.54. The molecule has 0 saturated carbocycles. The zero-order valence-corrected chi connectivity index (χ0v) is 21.2. The Balaban J connectivity index is 0.00000363. The monoisotopic (exact) mass is 471 g/mol. The molecule has 0 N–H and O–H groups in total. The summed E-state index contributed by atoms with van der Waals surface area (Å²) in [5, 5.41) is 0. The topological polar surface area (TPSA) is 49.4 Å². The van der Waals surface area contributed by atoms with Crippen molar-refractivity contribution >= 4 is 12.4 Å². The van der Waals surface area contributed by atoms with Gasteiger partial charge in [-0.25, -0.2) is 0 Å². The highest BCUT2D eigenvalue weighted by atomic mass is 35.5. The average molecular weight is 472 g/mol. The van der Waals surface area contributed by atoms with Gasteiger partial charge in [0, 0.05) is 24.2 Å². The molecule has 0 atom stereocenters. The highest BCUT2D eigenvalue weighted by molar-refractivity contribution is 5.85. The smallest absolute Gasteiger partial charge is 0.207 e. The van der Waals surface area contributed by atoms with E-state index in [1.807, 2.05) is 0 Å². The van der Waals surface area contributed by atoms with Gasteiger partial charge in [-0.15, -0.1) is 12.4 Å². The van der Waals surface area contributed by atoms with Gasteiger partial charge in [0.2, 0.25) is 11.5 Å². The molecule has 184 valence electrons. The van der Waals surface area contributed by atoms with Crippen LogP contribution in [0, 0.1) is 5.92 Å². The zero-order chi connectivity index (χ0) is 22.1. The predicted molar refractivity (Wildman–Crippen MR) is 130 cm³/mol. The van der Waals surface area contributed by atoms with E-state index in [2.05, 4.69) is 4.90 Å². The van der Waals surface area contributed by atoms with Crippen LogP contribution >= 0.6 is 12.4 Å². The van der Waals surface area contributed by atoms with Crippen molar-refractivity contribution < 1.29 is 23.7 Å². The number of hydrogen-bond acceptors (Lipinski definition) is 6. The van der Waals surface area contributed by atoms with Gasteiger partial charge in [0.05, 0.1) is 41.7 Å². The Hall–Kier alpha value is -1.37.